The van der Waals surface area contributed by atoms with Crippen LogP contribution in [0.5, 0.6) is 0 Å². The van der Waals surface area contributed by atoms with Gasteiger partial charge >= 0.3 is 11.9 Å². The number of nitrogens with one attached hydrogen (secondary N) is 7. The van der Waals surface area contributed by atoms with E-state index in [1.807, 2.05) is 41.7 Å². The van der Waals surface area contributed by atoms with Crippen LogP contribution in [0.1, 0.15) is 285 Å². The van der Waals surface area contributed by atoms with E-state index in [4.69, 9.17) is 5.73 Å². The van der Waals surface area contributed by atoms with Crippen molar-refractivity contribution in [3.05, 3.63) is 0 Å². The number of piperidine rings is 2. The van der Waals surface area contributed by atoms with E-state index in [-0.39, 0.29) is 71.7 Å². The van der Waals surface area contributed by atoms with Crippen LogP contribution >= 0.6 is 0 Å². The molecule has 1 saturated carbocycles. The number of primary amides is 1. The van der Waals surface area contributed by atoms with Crippen molar-refractivity contribution in [2.24, 2.45) is 23.0 Å². The Balaban J connectivity index is -0.000000270. The zero-order chi connectivity index (χ0) is 110. The van der Waals surface area contributed by atoms with E-state index in [2.05, 4.69) is 66.2 Å². The van der Waals surface area contributed by atoms with Crippen molar-refractivity contribution in [2.45, 2.75) is 360 Å². The first kappa shape index (κ1) is 147. The van der Waals surface area contributed by atoms with Gasteiger partial charge in [0.2, 0.25) is 106 Å². The topological polar surface area (TPSA) is 606 Å². The lowest BCUT2D eigenvalue weighted by Gasteiger charge is -2.33. The SMILES string of the molecule is CC(C)N1CCC(S(C)(=O)=O)CC1.CC(C)S(=O)(=O)CC1CC1.CC(C)S(=O)(=O)N1CCCC1.CC(C)S(=O)(=O)N1CCCCC1.CC(C)S(=O)(=O)N1CCN(C)CC1.CC(C)S(=O)(=O)NCC(C)(C)C.CC(C)S(=O)(=O)NCC(N)=O.CCCNS(=O)(=O)C(C)C.CCCNS(=O)(=O)C(C)C.CNS(=O)(=O)C(C)C.COC(=O)CNS(=O)(=O)C(C)C.COC(=O)[C@@H](NS(=O)(=O)C(C)C)C(C)C. The highest BCUT2D eigenvalue weighted by Gasteiger charge is 2.35. The summed E-state index contributed by atoms with van der Waals surface area (Å²) in [7, 11) is -30.8. The number of esters is 2. The van der Waals surface area contributed by atoms with Crippen molar-refractivity contribution in [1.29, 1.82) is 0 Å². The lowest BCUT2D eigenvalue weighted by atomic mass is 9.98. The number of hydrogen-bond acceptors (Lipinski definition) is 31. The minimum Gasteiger partial charge on any atom is -0.468 e. The molecule has 5 aliphatic rings. The Bertz CT molecular complexity index is 4770. The van der Waals surface area contributed by atoms with Gasteiger partial charge in [0.05, 0.1) is 89.5 Å². The van der Waals surface area contributed by atoms with Crippen molar-refractivity contribution in [1.82, 2.24) is 55.8 Å². The first-order valence-corrected chi connectivity index (χ1v) is 65.7. The molecular weight excluding hydrogens is 2030 g/mol. The summed E-state index contributed by atoms with van der Waals surface area (Å²) < 4.78 is 299. The zero-order valence-corrected chi connectivity index (χ0v) is 99.2. The maximum absolute atomic E-state index is 11.7. The molecule has 9 N–H and O–H groups in total. The average molecular weight is 2220 g/mol. The van der Waals surface area contributed by atoms with Crippen LogP contribution in [-0.4, -0.2) is 355 Å². The van der Waals surface area contributed by atoms with Gasteiger partial charge in [-0.2, -0.15) is 4.31 Å². The number of methoxy groups -OCH3 is 2. The van der Waals surface area contributed by atoms with Gasteiger partial charge in [-0.3, -0.25) is 14.4 Å². The van der Waals surface area contributed by atoms with Crippen LogP contribution in [0.25, 0.3) is 0 Å². The Labute approximate surface area is 833 Å². The summed E-state index contributed by atoms with van der Waals surface area (Å²) in [5, 5.41) is -4.07. The fraction of sp³-hybridized carbons (Fsp3) is 0.964. The van der Waals surface area contributed by atoms with Crippen LogP contribution in [0, 0.1) is 17.3 Å². The number of piperazine rings is 1. The summed E-state index contributed by atoms with van der Waals surface area (Å²) in [6.45, 7) is 62.7. The molecule has 0 aromatic rings. The summed E-state index contributed by atoms with van der Waals surface area (Å²) in [6, 6.07) is -0.275. The number of nitrogens with two attached hydrogens (primary N) is 1. The van der Waals surface area contributed by atoms with Gasteiger partial charge < -0.3 is 25.0 Å². The average Bonchev–Trinajstić information content (AvgIpc) is 1.32. The summed E-state index contributed by atoms with van der Waals surface area (Å²) in [5.41, 5.74) is 4.74. The number of hydrogen-bond donors (Lipinski definition) is 8. The third-order valence-electron chi connectivity index (χ3n) is 20.4. The van der Waals surface area contributed by atoms with Gasteiger partial charge in [0.25, 0.3) is 0 Å². The second-order valence-electron chi connectivity index (χ2n) is 38.1. The van der Waals surface area contributed by atoms with Crippen LogP contribution < -0.4 is 38.8 Å². The number of amides is 1. The predicted molar refractivity (Wildman–Crippen MR) is 556 cm³/mol. The highest BCUT2D eigenvalue weighted by atomic mass is 32.2. The van der Waals surface area contributed by atoms with Gasteiger partial charge in [-0.05, 0) is 275 Å². The van der Waals surface area contributed by atoms with Crippen molar-refractivity contribution >= 4 is 138 Å². The van der Waals surface area contributed by atoms with Crippen LogP contribution in [0.3, 0.4) is 0 Å². The minimum atomic E-state index is -3.45. The van der Waals surface area contributed by atoms with Gasteiger partial charge in [-0.25, -0.2) is 143 Å². The minimum absolute atomic E-state index is 0.00194. The van der Waals surface area contributed by atoms with E-state index in [9.17, 15) is 115 Å². The molecule has 1 aliphatic carbocycles. The highest BCUT2D eigenvalue weighted by Crippen LogP contribution is 2.31. The fourth-order valence-electron chi connectivity index (χ4n) is 9.80. The van der Waals surface area contributed by atoms with E-state index in [1.165, 1.54) is 61.6 Å². The molecule has 0 spiro atoms. The molecule has 137 heavy (non-hydrogen) atoms. The molecule has 0 aromatic heterocycles. The molecular formula is C83H187N13O29S12. The molecule has 1 amide bonds. The molecule has 54 heteroatoms. The van der Waals surface area contributed by atoms with Gasteiger partial charge in [0.1, 0.15) is 22.4 Å². The Morgan fingerprint density at radius 1 is 0.380 bits per heavy atom. The maximum Gasteiger partial charge on any atom is 0.324 e. The summed E-state index contributed by atoms with van der Waals surface area (Å²) >= 11 is 0. The largest absolute Gasteiger partial charge is 0.468 e. The molecule has 1 atom stereocenters. The molecule has 0 radical (unpaired) electrons. The monoisotopic (exact) mass is 2210 g/mol. The molecule has 0 unspecified atom stereocenters. The van der Waals surface area contributed by atoms with Gasteiger partial charge in [-0.1, -0.05) is 54.9 Å². The smallest absolute Gasteiger partial charge is 0.324 e. The van der Waals surface area contributed by atoms with Crippen molar-refractivity contribution < 1.29 is 125 Å². The zero-order valence-electron chi connectivity index (χ0n) is 89.4. The standard InChI is InChI=1S/C9H19NO4S.C9H19NO2S.C8H18N2O2S.C8H17NO2S.C8H19NO2S.C7H15NO2S.C7H14O2S.C6H13NO4S.2C6H15NO2S.C5H12N2O3S.C4H11NO2S/c1-6(2)8(9(11)14-5)10-15(12,13)7(3)4;1-8(2)10-6-4-9(5-7-10)13(3,11)12;1-8(2)13(11,12)10-6-4-9(3)5-7-10;1-8(2)12(10,11)9-6-4-3-5-7-9;1-7(2)12(10,11)9-6-8(3,4)5;1-7(2)11(9,10)8-5-3-4-6-8;1-6(2)10(8,9)5-7-3-4-7;1-5(2)12(9,10)7-4-6(8)11-3;2*1-4-5-7-10(8,9)6(2)3;1-4(2)11(9,10)7-3-5(6)8;1-4(2)8(6,7)5-3/h6-8,10H,1-5H3;8-9H,4-7H2,1-3H3;8H,4-7H2,1-3H3;8H,3-7H2,1-2H3;7,9H,6H2,1-5H3;7H,3-6H2,1-2H3;6-7H,3-5H2,1-2H3;5,7H,4H2,1-3H3;2*6-7H,4-5H2,1-3H3;4,7H,3H2,1-2H3,(H2,6,8);4-5H,1-3H3/t8-;;;;;;;;;;;/m0.........../s1. The number of carbonyl (C=O) groups excluding carboxylic acids is 3. The number of likely N-dealkylation sites (tertiary alicyclic amines) is 1. The van der Waals surface area contributed by atoms with E-state index < -0.39 is 160 Å². The Hall–Kier alpha value is -2.67. The van der Waals surface area contributed by atoms with Gasteiger partial charge in [0, 0.05) is 84.3 Å². The molecule has 0 aromatic carbocycles. The quantitative estimate of drug-likeness (QED) is 0.0347. The summed E-state index contributed by atoms with van der Waals surface area (Å²) in [5.74, 6) is -1.08. The number of rotatable bonds is 37. The predicted octanol–water partition coefficient (Wildman–Crippen LogP) is 5.68. The number of likely N-dealkylation sites (N-methyl/N-ethyl adjacent to an activating group) is 1. The van der Waals surface area contributed by atoms with Crippen LogP contribution in [0.4, 0.5) is 0 Å². The van der Waals surface area contributed by atoms with Crippen LogP contribution in [-0.2, 0) is 144 Å². The van der Waals surface area contributed by atoms with Crippen molar-refractivity contribution in [3.8, 4) is 0 Å². The second kappa shape index (κ2) is 69.5. The number of ether oxygens (including phenoxy) is 2. The molecule has 4 heterocycles. The number of sulfone groups is 2. The second-order valence-corrected chi connectivity index (χ2v) is 66.8. The first-order valence-electron chi connectivity index (χ1n) is 46.7. The first-order chi connectivity index (χ1) is 61.6. The summed E-state index contributed by atoms with van der Waals surface area (Å²) in [4.78, 5) is 36.5. The number of sulfonamides is 10. The number of carbonyl (C=O) groups is 3. The third-order valence-corrected chi connectivity index (χ3v) is 44.0. The van der Waals surface area contributed by atoms with E-state index in [0.717, 1.165) is 117 Å². The molecule has 0 bridgehead atoms. The third kappa shape index (κ3) is 68.4. The van der Waals surface area contributed by atoms with E-state index >= 15 is 0 Å². The van der Waals surface area contributed by atoms with Gasteiger partial charge in [-0.15, -0.1) is 0 Å². The lowest BCUT2D eigenvalue weighted by molar-refractivity contribution is -0.143. The lowest BCUT2D eigenvalue weighted by Crippen LogP contribution is -2.49. The molecule has 5 rings (SSSR count). The summed E-state index contributed by atoms with van der Waals surface area (Å²) in [6.07, 6.45) is 12.1. The van der Waals surface area contributed by atoms with Crippen LogP contribution in [0.2, 0.25) is 0 Å². The molecule has 830 valence electrons. The Morgan fingerprint density at radius 2 is 0.686 bits per heavy atom. The Kier molecular flexibility index (Phi) is 74.7. The van der Waals surface area contributed by atoms with Crippen molar-refractivity contribution in [2.75, 3.05) is 138 Å². The molecule has 4 aliphatic heterocycles. The van der Waals surface area contributed by atoms with Gasteiger partial charge in [0.15, 0.2) is 9.84 Å². The van der Waals surface area contributed by atoms with E-state index in [1.54, 1.807) is 151 Å². The molecule has 4 saturated heterocycles. The number of nitrogens with zero attached hydrogens (tertiary/aromatic N) is 5. The maximum atomic E-state index is 11.7. The normalized spacial score (nSPS) is 16.6. The highest BCUT2D eigenvalue weighted by molar-refractivity contribution is 7.93. The molecule has 42 nitrogen and oxygen atoms in total. The van der Waals surface area contributed by atoms with Crippen molar-refractivity contribution in [3.63, 3.8) is 0 Å². The van der Waals surface area contributed by atoms with Crippen LogP contribution in [0.15, 0.2) is 0 Å². The Morgan fingerprint density at radius 3 is 0.927 bits per heavy atom. The molecule has 5 fully saturated rings. The fourth-order valence-corrected chi connectivity index (χ4v) is 21.6. The van der Waals surface area contributed by atoms with E-state index in [0.29, 0.717) is 50.4 Å².